The minimum Gasteiger partial charge on any atom is -0.456 e. The van der Waals surface area contributed by atoms with Gasteiger partial charge in [0.15, 0.2) is 12.2 Å². The fourth-order valence-electron chi connectivity index (χ4n) is 9.54. The molecule has 0 spiro atoms. The van der Waals surface area contributed by atoms with Crippen LogP contribution in [0.5, 0.6) is 0 Å². The highest BCUT2D eigenvalue weighted by atomic mass is 31.2. The standard InChI is InChI=1S/C66H108N2O12P2/c1-7-9-11-13-15-17-19-21-23-25-27-29-40-48-64(69)79-62(55-75-81(68(57(3)4)58(5)6)74-53-60-44-36-32-37-45-60)63(80-65(70)49-41-30-28-26-24-22-20-18-16-14-12-10-8-2)56-78-82(72,77-54-61-46-38-33-39-47-61)76-51-50-67-66(71)73-52-59-42-34-31-35-43-59/h31-39,42-47,57-58,62-63H,7-30,40-41,48-56H2,1-6H3,(H,67,71)/t62-,63?,81?,82?/m1/s1. The lowest BCUT2D eigenvalue weighted by Gasteiger charge is -2.37. The van der Waals surface area contributed by atoms with Crippen LogP contribution in [0.3, 0.4) is 0 Å². The summed E-state index contributed by atoms with van der Waals surface area (Å²) in [6.07, 6.45) is 27.4. The summed E-state index contributed by atoms with van der Waals surface area (Å²) in [7, 11) is -6.26. The highest BCUT2D eigenvalue weighted by molar-refractivity contribution is 7.48. The van der Waals surface area contributed by atoms with Crippen molar-refractivity contribution in [3.63, 3.8) is 0 Å². The molecule has 0 aliphatic carbocycles. The average molecular weight is 1180 g/mol. The molecular weight excluding hydrogens is 1070 g/mol. The minimum absolute atomic E-state index is 0.0145. The molecule has 3 aromatic carbocycles. The third kappa shape index (κ3) is 36.2. The van der Waals surface area contributed by atoms with Gasteiger partial charge in [-0.25, -0.2) is 14.0 Å². The summed E-state index contributed by atoms with van der Waals surface area (Å²) in [6.45, 7) is 11.8. The van der Waals surface area contributed by atoms with Gasteiger partial charge in [0.1, 0.15) is 6.61 Å². The molecule has 0 saturated heterocycles. The van der Waals surface area contributed by atoms with Crippen LogP contribution in [0.25, 0.3) is 0 Å². The number of unbranched alkanes of at least 4 members (excludes halogenated alkanes) is 24. The number of nitrogens with one attached hydrogen (secondary N) is 1. The summed E-state index contributed by atoms with van der Waals surface area (Å²) in [5.74, 6) is -0.986. The van der Waals surface area contributed by atoms with Crippen LogP contribution in [-0.4, -0.2) is 73.4 Å². The number of hydrogen-bond acceptors (Lipinski definition) is 13. The second kappa shape index (κ2) is 47.5. The molecular formula is C66H108N2O12P2. The van der Waals surface area contributed by atoms with Gasteiger partial charge in [0, 0.05) is 31.5 Å². The Bertz CT molecular complexity index is 2060. The molecule has 3 unspecified atom stereocenters. The largest absolute Gasteiger partial charge is 0.475 e. The Labute approximate surface area is 497 Å². The van der Waals surface area contributed by atoms with Gasteiger partial charge in [-0.2, -0.15) is 0 Å². The predicted octanol–water partition coefficient (Wildman–Crippen LogP) is 18.6. The van der Waals surface area contributed by atoms with E-state index in [1.807, 2.05) is 91.0 Å². The number of hydrogen-bond donors (Lipinski definition) is 1. The number of amides is 1. The highest BCUT2D eigenvalue weighted by Crippen LogP contribution is 2.51. The maximum Gasteiger partial charge on any atom is 0.475 e. The molecule has 0 fully saturated rings. The zero-order valence-electron chi connectivity index (χ0n) is 51.5. The molecule has 0 radical (unpaired) electrons. The van der Waals surface area contributed by atoms with Gasteiger partial charge < -0.3 is 28.6 Å². The van der Waals surface area contributed by atoms with Gasteiger partial charge in [0.2, 0.25) is 0 Å². The first-order valence-corrected chi connectivity index (χ1v) is 34.3. The quantitative estimate of drug-likeness (QED) is 0.0247. The third-order valence-corrected chi connectivity index (χ3v) is 17.6. The number of benzene rings is 3. The van der Waals surface area contributed by atoms with Crippen LogP contribution < -0.4 is 5.32 Å². The van der Waals surface area contributed by atoms with E-state index >= 15 is 0 Å². The first-order valence-electron chi connectivity index (χ1n) is 31.7. The zero-order valence-corrected chi connectivity index (χ0v) is 53.2. The number of phosphoric ester groups is 1. The molecule has 3 aromatic rings. The fourth-order valence-corrected chi connectivity index (χ4v) is 12.3. The first kappa shape index (κ1) is 72.5. The van der Waals surface area contributed by atoms with Gasteiger partial charge in [-0.15, -0.1) is 0 Å². The van der Waals surface area contributed by atoms with E-state index < -0.39 is 53.2 Å². The number of rotatable bonds is 52. The number of carbonyl (C=O) groups excluding carboxylic acids is 3. The molecule has 0 bridgehead atoms. The minimum atomic E-state index is -4.49. The Hall–Kier alpha value is -3.71. The van der Waals surface area contributed by atoms with Crippen LogP contribution >= 0.6 is 16.3 Å². The van der Waals surface area contributed by atoms with E-state index in [2.05, 4.69) is 51.5 Å². The molecule has 3 rings (SSSR count). The SMILES string of the molecule is CCCCCCCCCCCCCCCC(=O)OC(COP(=O)(OCCNC(=O)OCc1ccccc1)OCc1ccccc1)[C@@H](COP(OCc1ccccc1)N(C(C)C)C(C)C)OC(=O)CCCCCCCCCCCCCCC. The molecule has 14 nitrogen and oxygen atoms in total. The fraction of sp³-hybridized carbons (Fsp3) is 0.682. The van der Waals surface area contributed by atoms with Crippen molar-refractivity contribution in [2.24, 2.45) is 0 Å². The molecule has 1 amide bonds. The smallest absolute Gasteiger partial charge is 0.456 e. The van der Waals surface area contributed by atoms with E-state index in [0.717, 1.165) is 49.7 Å². The zero-order chi connectivity index (χ0) is 59.1. The number of alkyl carbamates (subject to hydrolysis) is 1. The van der Waals surface area contributed by atoms with Crippen molar-refractivity contribution in [2.45, 2.75) is 265 Å². The lowest BCUT2D eigenvalue weighted by Crippen LogP contribution is -2.42. The van der Waals surface area contributed by atoms with Crippen molar-refractivity contribution in [3.05, 3.63) is 108 Å². The van der Waals surface area contributed by atoms with E-state index in [-0.39, 0.29) is 64.5 Å². The van der Waals surface area contributed by atoms with Crippen molar-refractivity contribution in [1.29, 1.82) is 0 Å². The van der Waals surface area contributed by atoms with Crippen LogP contribution in [-0.2, 0) is 70.8 Å². The van der Waals surface area contributed by atoms with Crippen LogP contribution in [0.15, 0.2) is 91.0 Å². The normalized spacial score (nSPS) is 13.5. The Morgan fingerprint density at radius 3 is 1.26 bits per heavy atom. The molecule has 464 valence electrons. The number of phosphoric acid groups is 1. The summed E-state index contributed by atoms with van der Waals surface area (Å²) in [4.78, 5) is 40.7. The molecule has 0 aromatic heterocycles. The van der Waals surface area contributed by atoms with Gasteiger partial charge in [-0.05, 0) is 57.2 Å². The van der Waals surface area contributed by atoms with Crippen LogP contribution in [0.1, 0.15) is 238 Å². The molecule has 0 saturated carbocycles. The number of carbonyl (C=O) groups is 3. The molecule has 16 heteroatoms. The van der Waals surface area contributed by atoms with E-state index in [0.29, 0.717) is 18.4 Å². The van der Waals surface area contributed by atoms with E-state index in [1.165, 1.54) is 116 Å². The molecule has 4 atom stereocenters. The molecule has 0 aliphatic heterocycles. The first-order chi connectivity index (χ1) is 39.9. The monoisotopic (exact) mass is 1180 g/mol. The van der Waals surface area contributed by atoms with Gasteiger partial charge in [-0.1, -0.05) is 259 Å². The lowest BCUT2D eigenvalue weighted by molar-refractivity contribution is -0.173. The van der Waals surface area contributed by atoms with Gasteiger partial charge in [0.05, 0.1) is 33.0 Å². The summed E-state index contributed by atoms with van der Waals surface area (Å²) in [6, 6.07) is 28.3. The van der Waals surface area contributed by atoms with Gasteiger partial charge in [0.25, 0.3) is 8.53 Å². The molecule has 0 heterocycles. The summed E-state index contributed by atoms with van der Waals surface area (Å²) in [5, 5.41) is 2.62. The topological polar surface area (TPSA) is 157 Å². The van der Waals surface area contributed by atoms with Crippen molar-refractivity contribution < 1.29 is 55.8 Å². The maximum absolute atomic E-state index is 14.7. The Morgan fingerprint density at radius 1 is 0.463 bits per heavy atom. The summed E-state index contributed by atoms with van der Waals surface area (Å²) >= 11 is 0. The second-order valence-corrected chi connectivity index (χ2v) is 25.3. The maximum atomic E-state index is 14.7. The average Bonchev–Trinajstić information content (AvgIpc) is 3.50. The number of esters is 2. The Kier molecular flexibility index (Phi) is 42.0. The Morgan fingerprint density at radius 2 is 0.841 bits per heavy atom. The van der Waals surface area contributed by atoms with Gasteiger partial charge >= 0.3 is 25.9 Å². The van der Waals surface area contributed by atoms with Crippen molar-refractivity contribution in [3.8, 4) is 0 Å². The number of nitrogens with zero attached hydrogens (tertiary/aromatic N) is 1. The van der Waals surface area contributed by atoms with Gasteiger partial charge in [-0.3, -0.25) is 23.2 Å². The molecule has 0 aliphatic rings. The lowest BCUT2D eigenvalue weighted by atomic mass is 10.0. The summed E-state index contributed by atoms with van der Waals surface area (Å²) in [5.41, 5.74) is 2.49. The van der Waals surface area contributed by atoms with Crippen molar-refractivity contribution in [1.82, 2.24) is 9.99 Å². The molecule has 82 heavy (non-hydrogen) atoms. The highest BCUT2D eigenvalue weighted by Gasteiger charge is 2.37. The van der Waals surface area contributed by atoms with Crippen molar-refractivity contribution in [2.75, 3.05) is 26.4 Å². The third-order valence-electron chi connectivity index (χ3n) is 14.2. The van der Waals surface area contributed by atoms with Crippen LogP contribution in [0.4, 0.5) is 4.79 Å². The van der Waals surface area contributed by atoms with Crippen LogP contribution in [0.2, 0.25) is 0 Å². The Balaban J connectivity index is 1.83. The second-order valence-electron chi connectivity index (χ2n) is 22.2. The van der Waals surface area contributed by atoms with E-state index in [4.69, 9.17) is 36.8 Å². The number of ether oxygens (including phenoxy) is 3. The van der Waals surface area contributed by atoms with Crippen molar-refractivity contribution >= 4 is 34.4 Å². The van der Waals surface area contributed by atoms with E-state index in [9.17, 15) is 18.9 Å². The predicted molar refractivity (Wildman–Crippen MR) is 332 cm³/mol. The molecule has 1 N–H and O–H groups in total. The van der Waals surface area contributed by atoms with E-state index in [1.54, 1.807) is 0 Å². The van der Waals surface area contributed by atoms with Crippen LogP contribution in [0, 0.1) is 0 Å². The summed E-state index contributed by atoms with van der Waals surface area (Å²) < 4.78 is 66.1.